The van der Waals surface area contributed by atoms with E-state index in [9.17, 15) is 19.5 Å². The lowest BCUT2D eigenvalue weighted by Crippen LogP contribution is -2.40. The van der Waals surface area contributed by atoms with E-state index in [0.717, 1.165) is 122 Å². The number of ether oxygens (including phenoxy) is 4. The molecule has 2 atom stereocenters. The minimum atomic E-state index is -1.52. The summed E-state index contributed by atoms with van der Waals surface area (Å²) in [7, 11) is 5.95. The van der Waals surface area contributed by atoms with Crippen LogP contribution in [0.5, 0.6) is 0 Å². The molecule has 0 aliphatic rings. The van der Waals surface area contributed by atoms with Crippen LogP contribution < -0.4 is 0 Å². The summed E-state index contributed by atoms with van der Waals surface area (Å²) in [6, 6.07) is 0. The third-order valence-corrected chi connectivity index (χ3v) is 11.7. The molecule has 2 unspecified atom stereocenters. The van der Waals surface area contributed by atoms with Crippen LogP contribution >= 0.6 is 0 Å². The second-order valence-corrected chi connectivity index (χ2v) is 19.8. The highest BCUT2D eigenvalue weighted by Gasteiger charge is 2.25. The van der Waals surface area contributed by atoms with E-state index in [2.05, 4.69) is 135 Å². The van der Waals surface area contributed by atoms with E-state index in [1.165, 1.54) is 51.4 Å². The topological polar surface area (TPSA) is 108 Å². The van der Waals surface area contributed by atoms with Crippen molar-refractivity contribution in [2.75, 3.05) is 47.5 Å². The zero-order valence-electron chi connectivity index (χ0n) is 47.0. The zero-order chi connectivity index (χ0) is 53.4. The number of nitrogens with zero attached hydrogens (tertiary/aromatic N) is 1. The number of esters is 2. The maximum absolute atomic E-state index is 12.9. The molecule has 0 aliphatic heterocycles. The Balaban J connectivity index is 4.28. The zero-order valence-corrected chi connectivity index (χ0v) is 47.0. The summed E-state index contributed by atoms with van der Waals surface area (Å²) in [5.74, 6) is -2.04. The van der Waals surface area contributed by atoms with Crippen LogP contribution in [-0.2, 0) is 33.3 Å². The van der Waals surface area contributed by atoms with E-state index in [0.29, 0.717) is 17.4 Å². The smallest absolute Gasteiger partial charge is 0.361 e. The van der Waals surface area contributed by atoms with Crippen molar-refractivity contribution in [3.63, 3.8) is 0 Å². The Labute approximate surface area is 447 Å². The number of hydrogen-bond donors (Lipinski definition) is 1. The number of likely N-dealkylation sites (N-methyl/N-ethyl adjacent to an activating group) is 1. The Morgan fingerprint density at radius 3 is 1.10 bits per heavy atom. The molecule has 9 nitrogen and oxygen atoms in total. The SMILES string of the molecule is CC/C=C\C/C=C\C/C=C\C/C=C\C/C=C\C/C=C\C/C=C\CCCCCCCCCCCC(=O)OC(COC(=O)CCCCCCCCC/C=C\C/C=C\C/C=C\CC)COC(OCC[N+](C)(C)C)C(=O)O. The van der Waals surface area contributed by atoms with Gasteiger partial charge < -0.3 is 28.5 Å². The molecule has 0 amide bonds. The van der Waals surface area contributed by atoms with Gasteiger partial charge in [0.15, 0.2) is 6.10 Å². The number of rotatable bonds is 51. The molecule has 73 heavy (non-hydrogen) atoms. The summed E-state index contributed by atoms with van der Waals surface area (Å²) < 4.78 is 22.8. The molecule has 414 valence electrons. The van der Waals surface area contributed by atoms with E-state index < -0.39 is 24.3 Å². The number of allylic oxidation sites excluding steroid dienone is 20. The molecule has 0 aromatic heterocycles. The van der Waals surface area contributed by atoms with Crippen LogP contribution in [-0.4, -0.2) is 87.4 Å². The average molecular weight is 1020 g/mol. The predicted octanol–water partition coefficient (Wildman–Crippen LogP) is 16.9. The first-order chi connectivity index (χ1) is 35.6. The molecule has 0 rings (SSSR count). The van der Waals surface area contributed by atoms with Crippen molar-refractivity contribution in [2.45, 2.75) is 219 Å². The van der Waals surface area contributed by atoms with E-state index in [-0.39, 0.29) is 38.6 Å². The second-order valence-electron chi connectivity index (χ2n) is 19.8. The van der Waals surface area contributed by atoms with E-state index in [1.807, 2.05) is 21.1 Å². The van der Waals surface area contributed by atoms with Gasteiger partial charge >= 0.3 is 17.9 Å². The highest BCUT2D eigenvalue weighted by Crippen LogP contribution is 2.14. The lowest BCUT2D eigenvalue weighted by molar-refractivity contribution is -0.870. The van der Waals surface area contributed by atoms with Gasteiger partial charge in [-0.2, -0.15) is 0 Å². The van der Waals surface area contributed by atoms with Crippen molar-refractivity contribution in [1.82, 2.24) is 0 Å². The Hall–Kier alpha value is -4.31. The fourth-order valence-corrected chi connectivity index (χ4v) is 7.36. The fourth-order valence-electron chi connectivity index (χ4n) is 7.36. The molecular weight excluding hydrogens is 911 g/mol. The van der Waals surface area contributed by atoms with Gasteiger partial charge in [-0.1, -0.05) is 212 Å². The maximum Gasteiger partial charge on any atom is 0.361 e. The quantitative estimate of drug-likeness (QED) is 0.0211. The van der Waals surface area contributed by atoms with Crippen molar-refractivity contribution in [1.29, 1.82) is 0 Å². The summed E-state index contributed by atoms with van der Waals surface area (Å²) >= 11 is 0. The summed E-state index contributed by atoms with van der Waals surface area (Å²) in [5.41, 5.74) is 0. The Bertz CT molecular complexity index is 1610. The van der Waals surface area contributed by atoms with Gasteiger partial charge in [-0.25, -0.2) is 4.79 Å². The number of unbranched alkanes of at least 4 members (excludes halogenated alkanes) is 16. The molecule has 0 bridgehead atoms. The summed E-state index contributed by atoms with van der Waals surface area (Å²) in [5, 5.41) is 9.70. The van der Waals surface area contributed by atoms with Crippen LogP contribution in [0, 0.1) is 0 Å². The van der Waals surface area contributed by atoms with Crippen molar-refractivity contribution in [2.24, 2.45) is 0 Å². The van der Waals surface area contributed by atoms with Crippen molar-refractivity contribution >= 4 is 17.9 Å². The number of carbonyl (C=O) groups excluding carboxylic acids is 2. The molecule has 0 aromatic rings. The van der Waals surface area contributed by atoms with Gasteiger partial charge in [0.1, 0.15) is 13.2 Å². The van der Waals surface area contributed by atoms with Crippen molar-refractivity contribution < 1.29 is 42.9 Å². The molecule has 0 heterocycles. The van der Waals surface area contributed by atoms with Crippen LogP contribution in [0.3, 0.4) is 0 Å². The third kappa shape index (κ3) is 55.3. The number of aliphatic carboxylic acids is 1. The highest BCUT2D eigenvalue weighted by molar-refractivity contribution is 5.71. The first-order valence-electron chi connectivity index (χ1n) is 28.7. The predicted molar refractivity (Wildman–Crippen MR) is 308 cm³/mol. The van der Waals surface area contributed by atoms with Crippen molar-refractivity contribution in [3.05, 3.63) is 122 Å². The maximum atomic E-state index is 12.9. The lowest BCUT2D eigenvalue weighted by Gasteiger charge is -2.25. The van der Waals surface area contributed by atoms with E-state index in [1.54, 1.807) is 0 Å². The molecule has 0 spiro atoms. The molecule has 0 aromatic carbocycles. The molecule has 9 heteroatoms. The minimum absolute atomic E-state index is 0.178. The largest absolute Gasteiger partial charge is 0.477 e. The van der Waals surface area contributed by atoms with Crippen LogP contribution in [0.25, 0.3) is 0 Å². The number of carbonyl (C=O) groups is 3. The van der Waals surface area contributed by atoms with Crippen molar-refractivity contribution in [3.8, 4) is 0 Å². The highest BCUT2D eigenvalue weighted by atomic mass is 16.7. The minimum Gasteiger partial charge on any atom is -0.477 e. The average Bonchev–Trinajstić information content (AvgIpc) is 3.36. The Morgan fingerprint density at radius 2 is 0.740 bits per heavy atom. The lowest BCUT2D eigenvalue weighted by atomic mass is 10.1. The number of carboxylic acid groups (broad SMARTS) is 1. The monoisotopic (exact) mass is 1020 g/mol. The molecule has 1 N–H and O–H groups in total. The van der Waals surface area contributed by atoms with Gasteiger partial charge in [-0.3, -0.25) is 9.59 Å². The van der Waals surface area contributed by atoms with Gasteiger partial charge in [0, 0.05) is 12.8 Å². The second kappa shape index (κ2) is 54.0. The van der Waals surface area contributed by atoms with Crippen LogP contribution in [0.15, 0.2) is 122 Å². The van der Waals surface area contributed by atoms with Gasteiger partial charge in [0.25, 0.3) is 6.29 Å². The van der Waals surface area contributed by atoms with Crippen LogP contribution in [0.1, 0.15) is 206 Å². The van der Waals surface area contributed by atoms with E-state index >= 15 is 0 Å². The molecule has 0 aliphatic carbocycles. The Kier molecular flexibility index (Phi) is 50.8. The van der Waals surface area contributed by atoms with Gasteiger partial charge in [0.2, 0.25) is 0 Å². The number of hydrogen-bond acceptors (Lipinski definition) is 7. The molecular formula is C64H106NO8+. The van der Waals surface area contributed by atoms with Gasteiger partial charge in [0.05, 0.1) is 34.4 Å². The standard InChI is InChI=1S/C64H105NO8/c1-6-8-10-12-14-16-18-20-22-24-25-26-27-28-29-30-31-32-33-34-35-36-37-39-41-43-45-47-49-51-53-55-62(67)73-60(59-72-64(63(68)69)70-57-56-65(3,4)5)58-71-61(66)54-52-50-48-46-44-42-40-38-23-21-19-17-15-13-11-9-7-2/h8-11,14-17,20-23,25-26,28-29,31-32,34-35,60,64H,6-7,12-13,18-19,24,27,30,33,36-59H2,1-5H3/p+1/b10-8-,11-9-,16-14-,17-15-,22-20-,23-21-,26-25-,29-28-,32-31-,35-34-. The normalized spacial score (nSPS) is 13.7. The fraction of sp³-hybridized carbons (Fsp3) is 0.641. The summed E-state index contributed by atoms with van der Waals surface area (Å²) in [6.07, 6.45) is 72.7. The Morgan fingerprint density at radius 1 is 0.411 bits per heavy atom. The first-order valence-corrected chi connectivity index (χ1v) is 28.7. The summed E-state index contributed by atoms with van der Waals surface area (Å²) in [6.45, 7) is 4.62. The van der Waals surface area contributed by atoms with Gasteiger partial charge in [-0.05, 0) is 103 Å². The molecule has 0 radical (unpaired) electrons. The molecule has 0 saturated heterocycles. The number of carboxylic acids is 1. The van der Waals surface area contributed by atoms with Crippen LogP contribution in [0.2, 0.25) is 0 Å². The number of quaternary nitrogens is 1. The van der Waals surface area contributed by atoms with Crippen LogP contribution in [0.4, 0.5) is 0 Å². The van der Waals surface area contributed by atoms with Gasteiger partial charge in [-0.15, -0.1) is 0 Å². The molecule has 0 saturated carbocycles. The first kappa shape index (κ1) is 68.7. The van der Waals surface area contributed by atoms with E-state index in [4.69, 9.17) is 18.9 Å². The summed E-state index contributed by atoms with van der Waals surface area (Å²) in [4.78, 5) is 37.4. The molecule has 0 fully saturated rings. The third-order valence-electron chi connectivity index (χ3n) is 11.7.